The zero-order chi connectivity index (χ0) is 20.6. The molecule has 1 N–H and O–H groups in total. The van der Waals surface area contributed by atoms with Crippen LogP contribution in [0, 0.1) is 5.92 Å². The van der Waals surface area contributed by atoms with Gasteiger partial charge >= 0.3 is 0 Å². The number of halogens is 1. The molecule has 6 nitrogen and oxygen atoms in total. The van der Waals surface area contributed by atoms with Gasteiger partial charge < -0.3 is 15.1 Å². The number of piperazine rings is 1. The number of hydrogen-bond donors (Lipinski definition) is 1. The van der Waals surface area contributed by atoms with Gasteiger partial charge in [-0.3, -0.25) is 14.7 Å². The van der Waals surface area contributed by atoms with Gasteiger partial charge in [-0.1, -0.05) is 43.7 Å². The number of likely N-dealkylation sites (tertiary alicyclic amines) is 1. The minimum Gasteiger partial charge on any atom is -0.355 e. The number of carbonyl (C=O) groups excluding carboxylic acids is 1. The van der Waals surface area contributed by atoms with Crippen LogP contribution in [0.4, 0.5) is 0 Å². The lowest BCUT2D eigenvalue weighted by atomic mass is 9.79. The van der Waals surface area contributed by atoms with E-state index in [-0.39, 0.29) is 29.9 Å². The number of nitrogens with zero attached hydrogens (tertiary/aromatic N) is 4. The predicted octanol–water partition coefficient (Wildman–Crippen LogP) is 2.86. The first-order valence-electron chi connectivity index (χ1n) is 11.1. The van der Waals surface area contributed by atoms with Crippen molar-refractivity contribution < 1.29 is 4.79 Å². The standard InChI is InChI=1S/C23H37N5O.HI/c1-4-20-18-28(12-10-22(20)21-8-6-5-7-9-21)23(24-3)25-11-13-26-14-16-27(17-15-26)19(2)29;/h5-9,20,22H,4,10-18H2,1-3H3,(H,24,25);1H. The fraction of sp³-hybridized carbons (Fsp3) is 0.652. The highest BCUT2D eigenvalue weighted by Gasteiger charge is 2.30. The lowest BCUT2D eigenvalue weighted by molar-refractivity contribution is -0.130. The molecular formula is C23H38IN5O. The second-order valence-corrected chi connectivity index (χ2v) is 8.24. The summed E-state index contributed by atoms with van der Waals surface area (Å²) in [5, 5.41) is 3.57. The summed E-state index contributed by atoms with van der Waals surface area (Å²) in [6.45, 7) is 11.6. The number of benzene rings is 1. The highest BCUT2D eigenvalue weighted by atomic mass is 127. The lowest BCUT2D eigenvalue weighted by Gasteiger charge is -2.40. The van der Waals surface area contributed by atoms with Gasteiger partial charge in [-0.25, -0.2) is 0 Å². The van der Waals surface area contributed by atoms with Crippen LogP contribution in [0.3, 0.4) is 0 Å². The summed E-state index contributed by atoms with van der Waals surface area (Å²) in [5.74, 6) is 2.52. The van der Waals surface area contributed by atoms with Gasteiger partial charge in [-0.05, 0) is 23.8 Å². The van der Waals surface area contributed by atoms with E-state index in [2.05, 4.69) is 57.4 Å². The Bertz CT molecular complexity index is 675. The van der Waals surface area contributed by atoms with Crippen LogP contribution in [0.2, 0.25) is 0 Å². The van der Waals surface area contributed by atoms with Crippen molar-refractivity contribution in [3.05, 3.63) is 35.9 Å². The second-order valence-electron chi connectivity index (χ2n) is 8.24. The van der Waals surface area contributed by atoms with Gasteiger partial charge in [0.1, 0.15) is 0 Å². The highest BCUT2D eigenvalue weighted by molar-refractivity contribution is 14.0. The van der Waals surface area contributed by atoms with E-state index in [1.165, 1.54) is 18.4 Å². The molecule has 1 aromatic rings. The average molecular weight is 527 g/mol. The topological polar surface area (TPSA) is 51.2 Å². The van der Waals surface area contributed by atoms with E-state index >= 15 is 0 Å². The summed E-state index contributed by atoms with van der Waals surface area (Å²) in [4.78, 5) is 22.8. The van der Waals surface area contributed by atoms with Gasteiger partial charge in [0.05, 0.1) is 0 Å². The number of aliphatic imine (C=N–C) groups is 1. The summed E-state index contributed by atoms with van der Waals surface area (Å²) >= 11 is 0. The second kappa shape index (κ2) is 12.5. The van der Waals surface area contributed by atoms with Crippen molar-refractivity contribution in [3.63, 3.8) is 0 Å². The van der Waals surface area contributed by atoms with Crippen LogP contribution >= 0.6 is 24.0 Å². The largest absolute Gasteiger partial charge is 0.355 e. The third-order valence-electron chi connectivity index (χ3n) is 6.53. The molecular weight excluding hydrogens is 489 g/mol. The Kier molecular flexibility index (Phi) is 10.4. The number of rotatable bonds is 5. The van der Waals surface area contributed by atoms with Crippen LogP contribution in [0.25, 0.3) is 0 Å². The smallest absolute Gasteiger partial charge is 0.219 e. The van der Waals surface area contributed by atoms with Crippen LogP contribution in [0.15, 0.2) is 35.3 Å². The number of hydrogen-bond acceptors (Lipinski definition) is 3. The number of carbonyl (C=O) groups is 1. The molecule has 2 unspecified atom stereocenters. The molecule has 3 rings (SSSR count). The van der Waals surface area contributed by atoms with E-state index in [1.54, 1.807) is 6.92 Å². The molecule has 2 aliphatic heterocycles. The minimum atomic E-state index is 0. The van der Waals surface area contributed by atoms with Crippen molar-refractivity contribution in [1.29, 1.82) is 0 Å². The first kappa shape index (κ1) is 24.9. The van der Waals surface area contributed by atoms with Gasteiger partial charge in [0, 0.05) is 66.3 Å². The quantitative estimate of drug-likeness (QED) is 0.364. The Balaban J connectivity index is 0.00000320. The van der Waals surface area contributed by atoms with Crippen LogP contribution < -0.4 is 5.32 Å². The Labute approximate surface area is 199 Å². The number of guanidine groups is 1. The molecule has 1 amide bonds. The monoisotopic (exact) mass is 527 g/mol. The molecule has 1 aromatic carbocycles. The Morgan fingerprint density at radius 3 is 2.40 bits per heavy atom. The molecule has 2 aliphatic rings. The molecule has 0 bridgehead atoms. The van der Waals surface area contributed by atoms with E-state index in [9.17, 15) is 4.79 Å². The Hall–Kier alpha value is -1.35. The maximum Gasteiger partial charge on any atom is 0.219 e. The van der Waals surface area contributed by atoms with E-state index in [0.717, 1.165) is 58.3 Å². The molecule has 2 atom stereocenters. The van der Waals surface area contributed by atoms with Gasteiger partial charge in [0.25, 0.3) is 0 Å². The van der Waals surface area contributed by atoms with Crippen molar-refractivity contribution in [3.8, 4) is 0 Å². The molecule has 0 aliphatic carbocycles. The first-order chi connectivity index (χ1) is 14.1. The van der Waals surface area contributed by atoms with Crippen molar-refractivity contribution in [2.45, 2.75) is 32.6 Å². The van der Waals surface area contributed by atoms with Crippen molar-refractivity contribution in [2.24, 2.45) is 10.9 Å². The molecule has 0 saturated carbocycles. The summed E-state index contributed by atoms with van der Waals surface area (Å²) < 4.78 is 0. The molecule has 0 aromatic heterocycles. The highest BCUT2D eigenvalue weighted by Crippen LogP contribution is 2.34. The van der Waals surface area contributed by atoms with Gasteiger partial charge in [-0.2, -0.15) is 0 Å². The Morgan fingerprint density at radius 1 is 1.10 bits per heavy atom. The molecule has 2 saturated heterocycles. The number of piperidine rings is 1. The molecule has 168 valence electrons. The van der Waals surface area contributed by atoms with E-state index in [1.807, 2.05) is 11.9 Å². The summed E-state index contributed by atoms with van der Waals surface area (Å²) in [6, 6.07) is 11.0. The normalized spacial score (nSPS) is 23.1. The van der Waals surface area contributed by atoms with Crippen LogP contribution in [0.5, 0.6) is 0 Å². The number of nitrogens with one attached hydrogen (secondary N) is 1. The molecule has 0 radical (unpaired) electrons. The summed E-state index contributed by atoms with van der Waals surface area (Å²) in [6.07, 6.45) is 2.36. The fourth-order valence-corrected chi connectivity index (χ4v) is 4.72. The van der Waals surface area contributed by atoms with Gasteiger partial charge in [0.2, 0.25) is 5.91 Å². The zero-order valence-corrected chi connectivity index (χ0v) is 21.0. The maximum absolute atomic E-state index is 11.5. The van der Waals surface area contributed by atoms with Crippen molar-refractivity contribution >= 4 is 35.8 Å². The van der Waals surface area contributed by atoms with Crippen LogP contribution in [0.1, 0.15) is 38.2 Å². The summed E-state index contributed by atoms with van der Waals surface area (Å²) in [5.41, 5.74) is 1.48. The Morgan fingerprint density at radius 2 is 1.80 bits per heavy atom. The third-order valence-corrected chi connectivity index (χ3v) is 6.53. The van der Waals surface area contributed by atoms with Gasteiger partial charge in [0.15, 0.2) is 5.96 Å². The van der Waals surface area contributed by atoms with Gasteiger partial charge in [-0.15, -0.1) is 24.0 Å². The minimum absolute atomic E-state index is 0. The molecule has 2 fully saturated rings. The SMILES string of the molecule is CCC1CN(C(=NC)NCCN2CCN(C(C)=O)CC2)CCC1c1ccccc1.I. The average Bonchev–Trinajstić information content (AvgIpc) is 2.77. The molecule has 0 spiro atoms. The zero-order valence-electron chi connectivity index (χ0n) is 18.7. The fourth-order valence-electron chi connectivity index (χ4n) is 4.72. The summed E-state index contributed by atoms with van der Waals surface area (Å²) in [7, 11) is 1.89. The van der Waals surface area contributed by atoms with Crippen LogP contribution in [-0.2, 0) is 4.79 Å². The van der Waals surface area contributed by atoms with E-state index < -0.39 is 0 Å². The molecule has 7 heteroatoms. The first-order valence-corrected chi connectivity index (χ1v) is 11.1. The molecule has 30 heavy (non-hydrogen) atoms. The third kappa shape index (κ3) is 6.57. The van der Waals surface area contributed by atoms with E-state index in [4.69, 9.17) is 0 Å². The molecule has 2 heterocycles. The van der Waals surface area contributed by atoms with E-state index in [0.29, 0.717) is 11.8 Å². The van der Waals surface area contributed by atoms with Crippen molar-refractivity contribution in [2.75, 3.05) is 59.4 Å². The predicted molar refractivity (Wildman–Crippen MR) is 135 cm³/mol. The van der Waals surface area contributed by atoms with Crippen LogP contribution in [-0.4, -0.2) is 86.0 Å². The van der Waals surface area contributed by atoms with Crippen molar-refractivity contribution in [1.82, 2.24) is 20.0 Å². The number of amides is 1. The maximum atomic E-state index is 11.5. The lowest BCUT2D eigenvalue weighted by Crippen LogP contribution is -2.52.